The zero-order valence-corrected chi connectivity index (χ0v) is 18.8. The number of aromatic amines is 1. The number of hydrogen-bond acceptors (Lipinski definition) is 5. The Hall–Kier alpha value is -2.86. The van der Waals surface area contributed by atoms with Crippen LogP contribution in [-0.4, -0.2) is 41.1 Å². The molecule has 1 N–H and O–H groups in total. The van der Waals surface area contributed by atoms with Crippen molar-refractivity contribution < 1.29 is 14.3 Å². The number of carbonyl (C=O) groups is 1. The largest absolute Gasteiger partial charge is 0.496 e. The van der Waals surface area contributed by atoms with Crippen LogP contribution in [-0.2, 0) is 11.3 Å². The molecule has 0 aliphatic carbocycles. The number of likely N-dealkylation sites (tertiary alicyclic amines) is 1. The summed E-state index contributed by atoms with van der Waals surface area (Å²) >= 11 is 0. The van der Waals surface area contributed by atoms with Gasteiger partial charge in [-0.25, -0.2) is 9.78 Å². The fourth-order valence-corrected chi connectivity index (χ4v) is 4.62. The highest BCUT2D eigenvalue weighted by molar-refractivity contribution is 5.89. The molecule has 2 heterocycles. The first-order valence-electron chi connectivity index (χ1n) is 11.0. The number of carbonyl (C=O) groups excluding carboxylic acids is 1. The SMILES string of the molecule is CCOC(=O)c1ccc([C@@H]2C[C@H](C)CCN2Cc2c(OC)cc(C)c3[nH]cnc23)cc1. The van der Waals surface area contributed by atoms with E-state index in [4.69, 9.17) is 9.47 Å². The highest BCUT2D eigenvalue weighted by Crippen LogP contribution is 2.38. The van der Waals surface area contributed by atoms with E-state index >= 15 is 0 Å². The molecule has 0 unspecified atom stereocenters. The number of benzene rings is 2. The van der Waals surface area contributed by atoms with Gasteiger partial charge in [0.15, 0.2) is 0 Å². The number of esters is 1. The number of rotatable bonds is 6. The standard InChI is InChI=1S/C25H31N3O3/c1-5-31-25(29)19-8-6-18(7-9-19)21-12-16(2)10-11-28(21)14-20-22(30-4)13-17(3)23-24(20)27-15-26-23/h6-9,13,15-16,21H,5,10-12,14H2,1-4H3,(H,26,27)/t16-,21+/m1/s1. The third-order valence-electron chi connectivity index (χ3n) is 6.33. The van der Waals surface area contributed by atoms with Gasteiger partial charge in [0.1, 0.15) is 5.75 Å². The zero-order valence-electron chi connectivity index (χ0n) is 18.8. The molecule has 1 saturated heterocycles. The van der Waals surface area contributed by atoms with E-state index in [1.165, 1.54) is 5.56 Å². The number of H-pyrrole nitrogens is 1. The lowest BCUT2D eigenvalue weighted by Gasteiger charge is -2.39. The monoisotopic (exact) mass is 421 g/mol. The number of ether oxygens (including phenoxy) is 2. The first-order valence-corrected chi connectivity index (χ1v) is 11.0. The molecule has 1 fully saturated rings. The van der Waals surface area contributed by atoms with Gasteiger partial charge in [-0.15, -0.1) is 0 Å². The van der Waals surface area contributed by atoms with Crippen LogP contribution in [0.5, 0.6) is 5.75 Å². The Balaban J connectivity index is 1.65. The van der Waals surface area contributed by atoms with E-state index in [1.807, 2.05) is 19.1 Å². The minimum absolute atomic E-state index is 0.270. The molecule has 6 heteroatoms. The summed E-state index contributed by atoms with van der Waals surface area (Å²) in [7, 11) is 1.72. The summed E-state index contributed by atoms with van der Waals surface area (Å²) < 4.78 is 10.9. The van der Waals surface area contributed by atoms with Crippen LogP contribution in [0.15, 0.2) is 36.7 Å². The molecular weight excluding hydrogens is 390 g/mol. The number of aryl methyl sites for hydroxylation is 1. The third kappa shape index (κ3) is 4.30. The Labute approximate surface area is 183 Å². The van der Waals surface area contributed by atoms with Crippen molar-refractivity contribution in [2.24, 2.45) is 5.92 Å². The van der Waals surface area contributed by atoms with E-state index in [1.54, 1.807) is 13.4 Å². The van der Waals surface area contributed by atoms with Crippen molar-refractivity contribution in [2.45, 2.75) is 46.2 Å². The average Bonchev–Trinajstić information content (AvgIpc) is 3.27. The van der Waals surface area contributed by atoms with Crippen molar-refractivity contribution >= 4 is 17.0 Å². The van der Waals surface area contributed by atoms with Crippen molar-refractivity contribution in [2.75, 3.05) is 20.3 Å². The molecule has 0 bridgehead atoms. The maximum absolute atomic E-state index is 12.0. The van der Waals surface area contributed by atoms with Crippen LogP contribution in [0.25, 0.3) is 11.0 Å². The van der Waals surface area contributed by atoms with Gasteiger partial charge >= 0.3 is 5.97 Å². The smallest absolute Gasteiger partial charge is 0.338 e. The number of fused-ring (bicyclic) bond motifs is 1. The summed E-state index contributed by atoms with van der Waals surface area (Å²) in [6, 6.07) is 10.3. The lowest BCUT2D eigenvalue weighted by Crippen LogP contribution is -2.36. The van der Waals surface area contributed by atoms with Crippen LogP contribution < -0.4 is 4.74 Å². The molecule has 0 radical (unpaired) electrons. The van der Waals surface area contributed by atoms with Gasteiger partial charge in [-0.3, -0.25) is 4.90 Å². The van der Waals surface area contributed by atoms with Gasteiger partial charge in [-0.05, 0) is 68.5 Å². The second kappa shape index (κ2) is 9.10. The predicted octanol–water partition coefficient (Wildman–Crippen LogP) is 5.03. The second-order valence-electron chi connectivity index (χ2n) is 8.46. The Morgan fingerprint density at radius 1 is 1.29 bits per heavy atom. The van der Waals surface area contributed by atoms with E-state index in [-0.39, 0.29) is 12.0 Å². The number of aromatic nitrogens is 2. The third-order valence-corrected chi connectivity index (χ3v) is 6.33. The van der Waals surface area contributed by atoms with E-state index < -0.39 is 0 Å². The number of piperidine rings is 1. The summed E-state index contributed by atoms with van der Waals surface area (Å²) in [6.07, 6.45) is 4.00. The molecule has 3 aromatic rings. The number of nitrogens with one attached hydrogen (secondary N) is 1. The van der Waals surface area contributed by atoms with Crippen molar-refractivity contribution in [1.82, 2.24) is 14.9 Å². The Morgan fingerprint density at radius 3 is 2.77 bits per heavy atom. The molecule has 1 aromatic heterocycles. The highest BCUT2D eigenvalue weighted by atomic mass is 16.5. The van der Waals surface area contributed by atoms with Crippen LogP contribution in [0.2, 0.25) is 0 Å². The van der Waals surface area contributed by atoms with Gasteiger partial charge in [-0.2, -0.15) is 0 Å². The average molecular weight is 422 g/mol. The molecule has 31 heavy (non-hydrogen) atoms. The molecule has 164 valence electrons. The molecule has 1 aliphatic heterocycles. The summed E-state index contributed by atoms with van der Waals surface area (Å²) in [6.45, 7) is 8.37. The molecular formula is C25H31N3O3. The summed E-state index contributed by atoms with van der Waals surface area (Å²) in [5.41, 5.74) is 6.12. The molecule has 2 aromatic carbocycles. The first kappa shape index (κ1) is 21.4. The minimum Gasteiger partial charge on any atom is -0.496 e. The zero-order chi connectivity index (χ0) is 22.0. The van der Waals surface area contributed by atoms with Crippen LogP contribution in [0, 0.1) is 12.8 Å². The van der Waals surface area contributed by atoms with E-state index in [2.05, 4.69) is 46.9 Å². The molecule has 0 saturated carbocycles. The summed E-state index contributed by atoms with van der Waals surface area (Å²) in [4.78, 5) is 22.4. The van der Waals surface area contributed by atoms with Gasteiger partial charge < -0.3 is 14.5 Å². The predicted molar refractivity (Wildman–Crippen MR) is 121 cm³/mol. The van der Waals surface area contributed by atoms with E-state index in [0.717, 1.165) is 53.8 Å². The minimum atomic E-state index is -0.270. The van der Waals surface area contributed by atoms with Crippen molar-refractivity contribution in [3.63, 3.8) is 0 Å². The maximum Gasteiger partial charge on any atom is 0.338 e. The number of methoxy groups -OCH3 is 1. The molecule has 4 rings (SSSR count). The quantitative estimate of drug-likeness (QED) is 0.566. The molecule has 1 aliphatic rings. The molecule has 2 atom stereocenters. The summed E-state index contributed by atoms with van der Waals surface area (Å²) in [5.74, 6) is 1.26. The van der Waals surface area contributed by atoms with Crippen molar-refractivity contribution in [1.29, 1.82) is 0 Å². The second-order valence-corrected chi connectivity index (χ2v) is 8.46. The fourth-order valence-electron chi connectivity index (χ4n) is 4.62. The topological polar surface area (TPSA) is 67.4 Å². The van der Waals surface area contributed by atoms with Gasteiger partial charge in [0.25, 0.3) is 0 Å². The van der Waals surface area contributed by atoms with E-state index in [9.17, 15) is 4.79 Å². The maximum atomic E-state index is 12.0. The Bertz CT molecular complexity index is 1060. The van der Waals surface area contributed by atoms with Crippen LogP contribution in [0.1, 0.15) is 59.8 Å². The van der Waals surface area contributed by atoms with Crippen molar-refractivity contribution in [3.8, 4) is 5.75 Å². The summed E-state index contributed by atoms with van der Waals surface area (Å²) in [5, 5.41) is 0. The number of hydrogen-bond donors (Lipinski definition) is 1. The first-order chi connectivity index (χ1) is 15.0. The Morgan fingerprint density at radius 2 is 2.06 bits per heavy atom. The molecule has 0 spiro atoms. The van der Waals surface area contributed by atoms with Crippen molar-refractivity contribution in [3.05, 3.63) is 58.9 Å². The lowest BCUT2D eigenvalue weighted by atomic mass is 9.87. The van der Waals surface area contributed by atoms with Gasteiger partial charge in [0, 0.05) is 18.2 Å². The number of imidazole rings is 1. The molecule has 6 nitrogen and oxygen atoms in total. The molecule has 0 amide bonds. The normalized spacial score (nSPS) is 19.5. The Kier molecular flexibility index (Phi) is 6.28. The van der Waals surface area contributed by atoms with E-state index in [0.29, 0.717) is 18.1 Å². The van der Waals surface area contributed by atoms with Gasteiger partial charge in [-0.1, -0.05) is 19.1 Å². The number of nitrogens with zero attached hydrogens (tertiary/aromatic N) is 2. The van der Waals surface area contributed by atoms with Crippen LogP contribution >= 0.6 is 0 Å². The van der Waals surface area contributed by atoms with Crippen LogP contribution in [0.3, 0.4) is 0 Å². The highest BCUT2D eigenvalue weighted by Gasteiger charge is 2.29. The fraction of sp³-hybridized carbons (Fsp3) is 0.440. The van der Waals surface area contributed by atoms with Gasteiger partial charge in [0.2, 0.25) is 0 Å². The lowest BCUT2D eigenvalue weighted by molar-refractivity contribution is 0.0526. The van der Waals surface area contributed by atoms with Crippen LogP contribution in [0.4, 0.5) is 0 Å². The van der Waals surface area contributed by atoms with Gasteiger partial charge in [0.05, 0.1) is 36.6 Å².